The Morgan fingerprint density at radius 2 is 1.38 bits per heavy atom. The predicted octanol–water partition coefficient (Wildman–Crippen LogP) is 6.42. The lowest BCUT2D eigenvalue weighted by atomic mass is 10.2. The molecule has 0 radical (unpaired) electrons. The summed E-state index contributed by atoms with van der Waals surface area (Å²) < 4.78 is 21.5. The van der Waals surface area contributed by atoms with Gasteiger partial charge >= 0.3 is 11.9 Å². The van der Waals surface area contributed by atoms with Crippen molar-refractivity contribution < 1.29 is 28.5 Å². The normalized spacial score (nSPS) is 10.9. The van der Waals surface area contributed by atoms with Gasteiger partial charge in [-0.15, -0.1) is 0 Å². The van der Waals surface area contributed by atoms with E-state index in [4.69, 9.17) is 18.9 Å². The van der Waals surface area contributed by atoms with Gasteiger partial charge in [0.1, 0.15) is 18.1 Å². The van der Waals surface area contributed by atoms with Gasteiger partial charge in [0.15, 0.2) is 0 Å². The first-order valence-corrected chi connectivity index (χ1v) is 12.5. The summed E-state index contributed by atoms with van der Waals surface area (Å²) in [6.45, 7) is 5.89. The highest BCUT2D eigenvalue weighted by Crippen LogP contribution is 2.18. The van der Waals surface area contributed by atoms with Crippen LogP contribution in [0.2, 0.25) is 0 Å². The predicted molar refractivity (Wildman–Crippen MR) is 143 cm³/mol. The molecule has 0 amide bonds. The summed E-state index contributed by atoms with van der Waals surface area (Å²) >= 11 is 0. The number of hydrogen-bond acceptors (Lipinski definition) is 7. The Labute approximate surface area is 218 Å². The maximum Gasteiger partial charge on any atom is 0.343 e. The highest BCUT2D eigenvalue weighted by atomic mass is 16.6. The topological polar surface area (TPSA) is 83.4 Å². The number of nitrogens with zero attached hydrogens (tertiary/aromatic N) is 1. The van der Waals surface area contributed by atoms with E-state index < -0.39 is 11.9 Å². The van der Waals surface area contributed by atoms with E-state index in [2.05, 4.69) is 11.9 Å². The molecule has 0 bridgehead atoms. The Kier molecular flexibility index (Phi) is 11.4. The molecule has 0 atom stereocenters. The highest BCUT2D eigenvalue weighted by molar-refractivity contribution is 5.91. The molecular formula is C30H33NO6. The zero-order valence-electron chi connectivity index (χ0n) is 21.4. The standard InChI is InChI=1S/C30H33NO6/c1-3-5-6-19-35-27-17-11-25(12-18-27)30(33)37-28-15-7-23(8-16-28)22-31-26-13-9-24(10-14-26)29(32)36-21-20-34-4-2/h7-18,22H,3-6,19-21H2,1-2H3. The van der Waals surface area contributed by atoms with Crippen molar-refractivity contribution in [3.05, 3.63) is 89.5 Å². The number of carbonyl (C=O) groups excluding carboxylic acids is 2. The van der Waals surface area contributed by atoms with Crippen LogP contribution in [0, 0.1) is 0 Å². The summed E-state index contributed by atoms with van der Waals surface area (Å²) in [5.74, 6) is 0.347. The number of unbranched alkanes of at least 4 members (excludes halogenated alkanes) is 2. The average Bonchev–Trinajstić information content (AvgIpc) is 2.93. The van der Waals surface area contributed by atoms with Gasteiger partial charge in [0.05, 0.1) is 30.0 Å². The maximum absolute atomic E-state index is 12.5. The lowest BCUT2D eigenvalue weighted by molar-refractivity contribution is 0.0335. The number of carbonyl (C=O) groups is 2. The highest BCUT2D eigenvalue weighted by Gasteiger charge is 2.09. The van der Waals surface area contributed by atoms with E-state index in [0.29, 0.717) is 42.4 Å². The summed E-state index contributed by atoms with van der Waals surface area (Å²) in [5, 5.41) is 0. The quantitative estimate of drug-likeness (QED) is 0.109. The van der Waals surface area contributed by atoms with Gasteiger partial charge in [-0.2, -0.15) is 0 Å². The summed E-state index contributed by atoms with van der Waals surface area (Å²) in [5.41, 5.74) is 2.44. The molecular weight excluding hydrogens is 470 g/mol. The summed E-state index contributed by atoms with van der Waals surface area (Å²) in [6.07, 6.45) is 4.99. The first kappa shape index (κ1) is 27.6. The SMILES string of the molecule is CCCCCOc1ccc(C(=O)Oc2ccc(C=Nc3ccc(C(=O)OCCOCC)cc3)cc2)cc1. The minimum absolute atomic E-state index is 0.221. The Hall–Kier alpha value is -3.97. The molecule has 0 saturated carbocycles. The largest absolute Gasteiger partial charge is 0.494 e. The van der Waals surface area contributed by atoms with Crippen LogP contribution < -0.4 is 9.47 Å². The van der Waals surface area contributed by atoms with Crippen molar-refractivity contribution in [3.63, 3.8) is 0 Å². The second-order valence-corrected chi connectivity index (χ2v) is 8.18. The number of rotatable bonds is 14. The zero-order chi connectivity index (χ0) is 26.3. The lowest BCUT2D eigenvalue weighted by Gasteiger charge is -2.07. The molecule has 3 aromatic rings. The summed E-state index contributed by atoms with van der Waals surface area (Å²) in [6, 6.07) is 20.8. The second-order valence-electron chi connectivity index (χ2n) is 8.18. The Morgan fingerprint density at radius 3 is 2.05 bits per heavy atom. The van der Waals surface area contributed by atoms with Crippen LogP contribution >= 0.6 is 0 Å². The molecule has 0 heterocycles. The van der Waals surface area contributed by atoms with E-state index in [1.54, 1.807) is 66.9 Å². The monoisotopic (exact) mass is 503 g/mol. The first-order chi connectivity index (χ1) is 18.1. The second kappa shape index (κ2) is 15.2. The van der Waals surface area contributed by atoms with E-state index in [9.17, 15) is 9.59 Å². The zero-order valence-corrected chi connectivity index (χ0v) is 21.4. The smallest absolute Gasteiger partial charge is 0.343 e. The van der Waals surface area contributed by atoms with Crippen molar-refractivity contribution in [1.82, 2.24) is 0 Å². The molecule has 0 N–H and O–H groups in total. The number of benzene rings is 3. The Morgan fingerprint density at radius 1 is 0.730 bits per heavy atom. The van der Waals surface area contributed by atoms with Crippen LogP contribution in [-0.2, 0) is 9.47 Å². The van der Waals surface area contributed by atoms with Gasteiger partial charge in [0, 0.05) is 12.8 Å². The summed E-state index contributed by atoms with van der Waals surface area (Å²) in [4.78, 5) is 28.9. The van der Waals surface area contributed by atoms with Gasteiger partial charge in [0.25, 0.3) is 0 Å². The molecule has 194 valence electrons. The molecule has 37 heavy (non-hydrogen) atoms. The molecule has 0 fully saturated rings. The molecule has 3 aromatic carbocycles. The fourth-order valence-electron chi connectivity index (χ4n) is 3.27. The van der Waals surface area contributed by atoms with Crippen LogP contribution in [0.3, 0.4) is 0 Å². The van der Waals surface area contributed by atoms with Crippen molar-refractivity contribution in [3.8, 4) is 11.5 Å². The van der Waals surface area contributed by atoms with Gasteiger partial charge in [-0.3, -0.25) is 4.99 Å². The fourth-order valence-corrected chi connectivity index (χ4v) is 3.27. The van der Waals surface area contributed by atoms with Gasteiger partial charge in [-0.1, -0.05) is 19.8 Å². The van der Waals surface area contributed by atoms with Crippen LogP contribution in [0.4, 0.5) is 5.69 Å². The van der Waals surface area contributed by atoms with E-state index >= 15 is 0 Å². The third-order valence-corrected chi connectivity index (χ3v) is 5.33. The molecule has 0 unspecified atom stereocenters. The van der Waals surface area contributed by atoms with Crippen molar-refractivity contribution in [2.24, 2.45) is 4.99 Å². The molecule has 7 heteroatoms. The number of hydrogen-bond donors (Lipinski definition) is 0. The third-order valence-electron chi connectivity index (χ3n) is 5.33. The average molecular weight is 504 g/mol. The van der Waals surface area contributed by atoms with Crippen molar-refractivity contribution in [1.29, 1.82) is 0 Å². The minimum Gasteiger partial charge on any atom is -0.494 e. The first-order valence-electron chi connectivity index (χ1n) is 12.5. The number of esters is 2. The van der Waals surface area contributed by atoms with Crippen LogP contribution in [0.1, 0.15) is 59.4 Å². The molecule has 7 nitrogen and oxygen atoms in total. The minimum atomic E-state index is -0.435. The lowest BCUT2D eigenvalue weighted by Crippen LogP contribution is -2.10. The molecule has 3 rings (SSSR count). The van der Waals surface area contributed by atoms with Crippen LogP contribution in [-0.4, -0.2) is 44.6 Å². The van der Waals surface area contributed by atoms with Gasteiger partial charge in [-0.25, -0.2) is 9.59 Å². The van der Waals surface area contributed by atoms with Crippen molar-refractivity contribution >= 4 is 23.8 Å². The Bertz CT molecular complexity index is 1140. The van der Waals surface area contributed by atoms with Crippen molar-refractivity contribution in [2.45, 2.75) is 33.1 Å². The molecule has 0 aliphatic heterocycles. The van der Waals surface area contributed by atoms with Crippen LogP contribution in [0.25, 0.3) is 0 Å². The van der Waals surface area contributed by atoms with E-state index in [1.165, 1.54) is 0 Å². The van der Waals surface area contributed by atoms with Crippen LogP contribution in [0.5, 0.6) is 11.5 Å². The third kappa shape index (κ3) is 9.54. The van der Waals surface area contributed by atoms with E-state index in [-0.39, 0.29) is 6.61 Å². The molecule has 0 aromatic heterocycles. The van der Waals surface area contributed by atoms with Gasteiger partial charge < -0.3 is 18.9 Å². The van der Waals surface area contributed by atoms with E-state index in [1.807, 2.05) is 19.1 Å². The molecule has 0 aliphatic rings. The molecule has 0 spiro atoms. The molecule has 0 aliphatic carbocycles. The maximum atomic E-state index is 12.5. The fraction of sp³-hybridized carbons (Fsp3) is 0.300. The van der Waals surface area contributed by atoms with Crippen LogP contribution in [0.15, 0.2) is 77.8 Å². The van der Waals surface area contributed by atoms with Gasteiger partial charge in [0.2, 0.25) is 0 Å². The van der Waals surface area contributed by atoms with Crippen molar-refractivity contribution in [2.75, 3.05) is 26.4 Å². The molecule has 0 saturated heterocycles. The number of ether oxygens (including phenoxy) is 4. The Balaban J connectivity index is 1.48. The van der Waals surface area contributed by atoms with E-state index in [0.717, 1.165) is 30.6 Å². The van der Waals surface area contributed by atoms with Gasteiger partial charge in [-0.05, 0) is 91.7 Å². The number of aliphatic imine (C=N–C) groups is 1. The summed E-state index contributed by atoms with van der Waals surface area (Å²) in [7, 11) is 0.